The summed E-state index contributed by atoms with van der Waals surface area (Å²) >= 11 is 3.30. The Bertz CT molecular complexity index is 581. The van der Waals surface area contributed by atoms with Crippen molar-refractivity contribution >= 4 is 27.7 Å². The molecule has 2 rings (SSSR count). The first-order chi connectivity index (χ1) is 10.2. The van der Waals surface area contributed by atoms with Crippen LogP contribution in [0, 0.1) is 0 Å². The van der Waals surface area contributed by atoms with Gasteiger partial charge in [-0.1, -0.05) is 25.8 Å². The van der Waals surface area contributed by atoms with Gasteiger partial charge in [-0.25, -0.2) is 4.98 Å². The summed E-state index contributed by atoms with van der Waals surface area (Å²) in [5.41, 5.74) is 1.57. The molecule has 2 heterocycles. The van der Waals surface area contributed by atoms with E-state index in [0.717, 1.165) is 17.3 Å². The zero-order valence-corrected chi connectivity index (χ0v) is 13.6. The number of nitrogens with zero attached hydrogens (tertiary/aromatic N) is 2. The number of carbonyl (C=O) groups excluding carboxylic acids is 1. The third-order valence-electron chi connectivity index (χ3n) is 3.10. The lowest BCUT2D eigenvalue weighted by molar-refractivity contribution is 0.102. The Morgan fingerprint density at radius 3 is 2.62 bits per heavy atom. The van der Waals surface area contributed by atoms with Gasteiger partial charge in [0.25, 0.3) is 5.91 Å². The first kappa shape index (κ1) is 15.6. The second kappa shape index (κ2) is 7.88. The number of carbonyl (C=O) groups is 1. The van der Waals surface area contributed by atoms with E-state index in [2.05, 4.69) is 38.1 Å². The minimum absolute atomic E-state index is 0.245. The zero-order chi connectivity index (χ0) is 15.1. The Balaban J connectivity index is 1.94. The number of hydrogen-bond donors (Lipinski definition) is 1. The van der Waals surface area contributed by atoms with E-state index in [1.165, 1.54) is 18.4 Å². The molecular formula is C16H18BrN3O. The molecule has 0 saturated heterocycles. The van der Waals surface area contributed by atoms with Gasteiger partial charge in [0.15, 0.2) is 0 Å². The highest BCUT2D eigenvalue weighted by Gasteiger charge is 2.08. The summed E-state index contributed by atoms with van der Waals surface area (Å²) in [6, 6.07) is 7.29. The SMILES string of the molecule is CCCCCc1ccc(C(=O)Nc2ccc(Br)cn2)nc1. The van der Waals surface area contributed by atoms with Crippen LogP contribution < -0.4 is 5.32 Å². The molecule has 0 aliphatic rings. The number of anilines is 1. The van der Waals surface area contributed by atoms with E-state index in [4.69, 9.17) is 0 Å². The van der Waals surface area contributed by atoms with Crippen molar-refractivity contribution in [3.63, 3.8) is 0 Å². The van der Waals surface area contributed by atoms with Crippen LogP contribution in [0.5, 0.6) is 0 Å². The fourth-order valence-electron chi connectivity index (χ4n) is 1.92. The largest absolute Gasteiger partial charge is 0.305 e. The summed E-state index contributed by atoms with van der Waals surface area (Å²) in [7, 11) is 0. The summed E-state index contributed by atoms with van der Waals surface area (Å²) < 4.78 is 0.870. The molecule has 1 amide bonds. The molecule has 0 fully saturated rings. The molecule has 110 valence electrons. The Labute approximate surface area is 133 Å². The molecule has 1 N–H and O–H groups in total. The zero-order valence-electron chi connectivity index (χ0n) is 12.0. The minimum atomic E-state index is -0.245. The van der Waals surface area contributed by atoms with Gasteiger partial charge in [-0.2, -0.15) is 0 Å². The van der Waals surface area contributed by atoms with Gasteiger partial charge in [0.2, 0.25) is 0 Å². The average Bonchev–Trinajstić information content (AvgIpc) is 2.50. The second-order valence-corrected chi connectivity index (χ2v) is 5.74. The second-order valence-electron chi connectivity index (χ2n) is 4.82. The quantitative estimate of drug-likeness (QED) is 0.795. The molecule has 2 aromatic rings. The minimum Gasteiger partial charge on any atom is -0.305 e. The molecule has 4 nitrogen and oxygen atoms in total. The molecule has 5 heteroatoms. The average molecular weight is 348 g/mol. The van der Waals surface area contributed by atoms with Gasteiger partial charge in [0, 0.05) is 16.9 Å². The Morgan fingerprint density at radius 1 is 1.14 bits per heavy atom. The number of unbranched alkanes of at least 4 members (excludes halogenated alkanes) is 2. The van der Waals surface area contributed by atoms with Crippen molar-refractivity contribution in [1.82, 2.24) is 9.97 Å². The summed E-state index contributed by atoms with van der Waals surface area (Å²) in [6.07, 6.45) is 8.01. The maximum absolute atomic E-state index is 12.0. The molecule has 0 atom stereocenters. The van der Waals surface area contributed by atoms with Crippen molar-refractivity contribution in [2.24, 2.45) is 0 Å². The predicted octanol–water partition coefficient (Wildman–Crippen LogP) is 4.22. The van der Waals surface area contributed by atoms with Crippen LogP contribution in [0.4, 0.5) is 5.82 Å². The Morgan fingerprint density at radius 2 is 2.00 bits per heavy atom. The van der Waals surface area contributed by atoms with Crippen LogP contribution in [0.1, 0.15) is 42.2 Å². The van der Waals surface area contributed by atoms with Gasteiger partial charge in [0.1, 0.15) is 11.5 Å². The normalized spacial score (nSPS) is 10.4. The van der Waals surface area contributed by atoms with E-state index in [-0.39, 0.29) is 5.91 Å². The van der Waals surface area contributed by atoms with Crippen LogP contribution in [0.15, 0.2) is 41.1 Å². The number of rotatable bonds is 6. The molecule has 0 unspecified atom stereocenters. The van der Waals surface area contributed by atoms with E-state index in [1.54, 1.807) is 24.5 Å². The number of aromatic nitrogens is 2. The molecule has 0 radical (unpaired) electrons. The molecule has 0 aliphatic carbocycles. The van der Waals surface area contributed by atoms with Gasteiger partial charge in [-0.15, -0.1) is 0 Å². The summed E-state index contributed by atoms with van der Waals surface area (Å²) in [5.74, 6) is 0.266. The van der Waals surface area contributed by atoms with Crippen LogP contribution >= 0.6 is 15.9 Å². The lowest BCUT2D eigenvalue weighted by Crippen LogP contribution is -2.14. The fraction of sp³-hybridized carbons (Fsp3) is 0.312. The van der Waals surface area contributed by atoms with Crippen molar-refractivity contribution in [2.45, 2.75) is 32.6 Å². The monoisotopic (exact) mass is 347 g/mol. The summed E-state index contributed by atoms with van der Waals surface area (Å²) in [5, 5.41) is 2.72. The molecule has 0 saturated carbocycles. The number of pyridine rings is 2. The number of hydrogen-bond acceptors (Lipinski definition) is 3. The van der Waals surface area contributed by atoms with Gasteiger partial charge >= 0.3 is 0 Å². The summed E-state index contributed by atoms with van der Waals surface area (Å²) in [4.78, 5) is 20.4. The van der Waals surface area contributed by atoms with Crippen LogP contribution in [0.25, 0.3) is 0 Å². The van der Waals surface area contributed by atoms with E-state index >= 15 is 0 Å². The van der Waals surface area contributed by atoms with Crippen molar-refractivity contribution in [1.29, 1.82) is 0 Å². The topological polar surface area (TPSA) is 54.9 Å². The van der Waals surface area contributed by atoms with E-state index < -0.39 is 0 Å². The van der Waals surface area contributed by atoms with Crippen molar-refractivity contribution in [2.75, 3.05) is 5.32 Å². The first-order valence-electron chi connectivity index (χ1n) is 7.07. The highest BCUT2D eigenvalue weighted by Crippen LogP contribution is 2.12. The maximum atomic E-state index is 12.0. The summed E-state index contributed by atoms with van der Waals surface area (Å²) in [6.45, 7) is 2.18. The standard InChI is InChI=1S/C16H18BrN3O/c1-2-3-4-5-12-6-8-14(18-10-12)16(21)20-15-9-7-13(17)11-19-15/h6-11H,2-5H2,1H3,(H,19,20,21). The molecule has 0 spiro atoms. The number of amides is 1. The van der Waals surface area contributed by atoms with Crippen LogP contribution in [0.3, 0.4) is 0 Å². The molecule has 21 heavy (non-hydrogen) atoms. The molecule has 0 aliphatic heterocycles. The van der Waals surface area contributed by atoms with E-state index in [9.17, 15) is 4.79 Å². The van der Waals surface area contributed by atoms with Crippen molar-refractivity contribution in [3.05, 3.63) is 52.4 Å². The molecular weight excluding hydrogens is 330 g/mol. The van der Waals surface area contributed by atoms with Crippen LogP contribution in [-0.4, -0.2) is 15.9 Å². The van der Waals surface area contributed by atoms with Crippen molar-refractivity contribution < 1.29 is 4.79 Å². The lowest BCUT2D eigenvalue weighted by atomic mass is 10.1. The number of nitrogens with one attached hydrogen (secondary N) is 1. The molecule has 0 bridgehead atoms. The van der Waals surface area contributed by atoms with Gasteiger partial charge in [-0.05, 0) is 52.5 Å². The lowest BCUT2D eigenvalue weighted by Gasteiger charge is -2.05. The first-order valence-corrected chi connectivity index (χ1v) is 7.86. The predicted molar refractivity (Wildman–Crippen MR) is 87.4 cm³/mol. The van der Waals surface area contributed by atoms with Crippen LogP contribution in [0.2, 0.25) is 0 Å². The third kappa shape index (κ3) is 4.93. The van der Waals surface area contributed by atoms with Crippen molar-refractivity contribution in [3.8, 4) is 0 Å². The van der Waals surface area contributed by atoms with E-state index in [0.29, 0.717) is 11.5 Å². The smallest absolute Gasteiger partial charge is 0.275 e. The Hall–Kier alpha value is -1.75. The van der Waals surface area contributed by atoms with Gasteiger partial charge in [-0.3, -0.25) is 9.78 Å². The third-order valence-corrected chi connectivity index (χ3v) is 3.56. The fourth-order valence-corrected chi connectivity index (χ4v) is 2.15. The number of aryl methyl sites for hydroxylation is 1. The Kier molecular flexibility index (Phi) is 5.87. The molecule has 2 aromatic heterocycles. The highest BCUT2D eigenvalue weighted by molar-refractivity contribution is 9.10. The van der Waals surface area contributed by atoms with Crippen LogP contribution in [-0.2, 0) is 6.42 Å². The van der Waals surface area contributed by atoms with Gasteiger partial charge < -0.3 is 5.32 Å². The molecule has 0 aromatic carbocycles. The highest BCUT2D eigenvalue weighted by atomic mass is 79.9. The maximum Gasteiger partial charge on any atom is 0.275 e. The number of halogens is 1. The van der Waals surface area contributed by atoms with Gasteiger partial charge in [0.05, 0.1) is 0 Å². The van der Waals surface area contributed by atoms with E-state index in [1.807, 2.05) is 12.1 Å².